The minimum Gasteiger partial charge on any atom is -0.491 e. The average Bonchev–Trinajstić information content (AvgIpc) is 2.39. The molecular weight excluding hydrogens is 249 g/mol. The lowest BCUT2D eigenvalue weighted by atomic mass is 10.1. The number of methoxy groups -OCH3 is 1. The predicted molar refractivity (Wildman–Crippen MR) is 71.4 cm³/mol. The van der Waals surface area contributed by atoms with Crippen LogP contribution in [0.15, 0.2) is 18.2 Å². The topological polar surface area (TPSA) is 69.4 Å². The molecule has 19 heavy (non-hydrogen) atoms. The van der Waals surface area contributed by atoms with Crippen molar-refractivity contribution in [2.24, 2.45) is 5.84 Å². The van der Waals surface area contributed by atoms with E-state index in [9.17, 15) is 4.39 Å². The van der Waals surface area contributed by atoms with Crippen molar-refractivity contribution in [1.82, 2.24) is 4.98 Å². The van der Waals surface area contributed by atoms with E-state index in [0.717, 1.165) is 0 Å². The number of anilines is 1. The number of nitrogen functional groups attached to an aromatic ring is 1. The fraction of sp³-hybridized carbons (Fsp3) is 0.308. The van der Waals surface area contributed by atoms with Crippen LogP contribution in [0.5, 0.6) is 5.75 Å². The maximum absolute atomic E-state index is 13.8. The Balaban J connectivity index is 2.61. The minimum absolute atomic E-state index is 0.188. The monoisotopic (exact) mass is 265 g/mol. The van der Waals surface area contributed by atoms with E-state index in [2.05, 4.69) is 10.4 Å². The first-order chi connectivity index (χ1) is 9.19. The molecule has 102 valence electrons. The fourth-order valence-electron chi connectivity index (χ4n) is 1.89. The van der Waals surface area contributed by atoms with Gasteiger partial charge in [-0.3, -0.25) is 10.8 Å². The molecule has 5 nitrogen and oxygen atoms in total. The molecule has 0 bridgehead atoms. The van der Waals surface area contributed by atoms with E-state index >= 15 is 0 Å². The van der Waals surface area contributed by atoms with Crippen LogP contribution in [0.3, 0.4) is 0 Å². The van der Waals surface area contributed by atoms with Gasteiger partial charge in [-0.1, -0.05) is 0 Å². The van der Waals surface area contributed by atoms with Crippen LogP contribution in [0.2, 0.25) is 0 Å². The zero-order chi connectivity index (χ0) is 13.8. The van der Waals surface area contributed by atoms with Gasteiger partial charge in [0.1, 0.15) is 0 Å². The van der Waals surface area contributed by atoms with E-state index in [-0.39, 0.29) is 5.75 Å². The number of hydrogen-bond acceptors (Lipinski definition) is 5. The van der Waals surface area contributed by atoms with Gasteiger partial charge >= 0.3 is 0 Å². The van der Waals surface area contributed by atoms with Gasteiger partial charge < -0.3 is 14.9 Å². The van der Waals surface area contributed by atoms with Crippen LogP contribution >= 0.6 is 0 Å². The summed E-state index contributed by atoms with van der Waals surface area (Å²) in [5, 5.41) is 0.701. The standard InChI is InChI=1S/C13H16FN3O2/c1-3-19-13-5-9-11(6-10(13)14)16-8(7-18-2)4-12(9)17-15/h4-6H,3,7,15H2,1-2H3,(H,16,17). The molecular formula is C13H16FN3O2. The van der Waals surface area contributed by atoms with Crippen molar-refractivity contribution in [2.75, 3.05) is 19.1 Å². The van der Waals surface area contributed by atoms with Gasteiger partial charge in [-0.25, -0.2) is 4.39 Å². The van der Waals surface area contributed by atoms with Crippen LogP contribution in [-0.4, -0.2) is 18.7 Å². The number of nitrogens with zero attached hydrogens (tertiary/aromatic N) is 1. The van der Waals surface area contributed by atoms with Crippen molar-refractivity contribution < 1.29 is 13.9 Å². The highest BCUT2D eigenvalue weighted by Gasteiger charge is 2.11. The molecule has 3 N–H and O–H groups in total. The number of aromatic nitrogens is 1. The third-order valence-corrected chi connectivity index (χ3v) is 2.66. The Labute approximate surface area is 110 Å². The molecule has 0 aliphatic heterocycles. The summed E-state index contributed by atoms with van der Waals surface area (Å²) >= 11 is 0. The molecule has 0 spiro atoms. The van der Waals surface area contributed by atoms with Crippen molar-refractivity contribution in [3.8, 4) is 5.75 Å². The van der Waals surface area contributed by atoms with E-state index < -0.39 is 5.82 Å². The largest absolute Gasteiger partial charge is 0.491 e. The molecule has 0 radical (unpaired) electrons. The van der Waals surface area contributed by atoms with Crippen LogP contribution < -0.4 is 16.0 Å². The van der Waals surface area contributed by atoms with Crippen LogP contribution in [0.4, 0.5) is 10.1 Å². The maximum Gasteiger partial charge on any atom is 0.167 e. The SMILES string of the molecule is CCOc1cc2c(NN)cc(COC)nc2cc1F. The lowest BCUT2D eigenvalue weighted by Gasteiger charge is -2.11. The lowest BCUT2D eigenvalue weighted by molar-refractivity contribution is 0.182. The second kappa shape index (κ2) is 5.81. The summed E-state index contributed by atoms with van der Waals surface area (Å²) in [6, 6.07) is 4.69. The molecule has 0 saturated carbocycles. The van der Waals surface area contributed by atoms with Gasteiger partial charge in [-0.15, -0.1) is 0 Å². The van der Waals surface area contributed by atoms with E-state index in [4.69, 9.17) is 15.3 Å². The van der Waals surface area contributed by atoms with E-state index in [1.54, 1.807) is 26.2 Å². The van der Waals surface area contributed by atoms with E-state index in [1.165, 1.54) is 6.07 Å². The number of nitrogens with one attached hydrogen (secondary N) is 1. The predicted octanol–water partition coefficient (Wildman–Crippen LogP) is 2.20. The number of benzene rings is 1. The Bertz CT molecular complexity index is 590. The minimum atomic E-state index is -0.445. The smallest absolute Gasteiger partial charge is 0.167 e. The summed E-state index contributed by atoms with van der Waals surface area (Å²) < 4.78 is 24.1. The summed E-state index contributed by atoms with van der Waals surface area (Å²) in [6.07, 6.45) is 0. The highest BCUT2D eigenvalue weighted by Crippen LogP contribution is 2.29. The molecule has 1 aromatic carbocycles. The first kappa shape index (κ1) is 13.5. The Kier molecular flexibility index (Phi) is 4.13. The number of hydrogen-bond donors (Lipinski definition) is 2. The maximum atomic E-state index is 13.8. The van der Waals surface area contributed by atoms with Crippen LogP contribution in [0.25, 0.3) is 10.9 Å². The summed E-state index contributed by atoms with van der Waals surface area (Å²) in [5.74, 6) is 5.23. The Hall–Kier alpha value is -1.92. The Morgan fingerprint density at radius 2 is 2.16 bits per heavy atom. The normalized spacial score (nSPS) is 10.7. The Morgan fingerprint density at radius 1 is 1.37 bits per heavy atom. The molecule has 0 aliphatic carbocycles. The van der Waals surface area contributed by atoms with Gasteiger partial charge in [0.05, 0.1) is 30.1 Å². The lowest BCUT2D eigenvalue weighted by Crippen LogP contribution is -2.09. The number of fused-ring (bicyclic) bond motifs is 1. The van der Waals surface area contributed by atoms with Crippen molar-refractivity contribution in [3.63, 3.8) is 0 Å². The van der Waals surface area contributed by atoms with Crippen LogP contribution in [0.1, 0.15) is 12.6 Å². The summed E-state index contributed by atoms with van der Waals surface area (Å²) in [6.45, 7) is 2.52. The third-order valence-electron chi connectivity index (χ3n) is 2.66. The summed E-state index contributed by atoms with van der Waals surface area (Å²) in [4.78, 5) is 4.32. The van der Waals surface area contributed by atoms with E-state index in [1.807, 2.05) is 0 Å². The molecule has 2 rings (SSSR count). The van der Waals surface area contributed by atoms with Gasteiger partial charge in [-0.05, 0) is 19.1 Å². The average molecular weight is 265 g/mol. The molecule has 1 aromatic heterocycles. The zero-order valence-corrected chi connectivity index (χ0v) is 10.9. The molecule has 0 atom stereocenters. The molecule has 0 unspecified atom stereocenters. The second-order valence-electron chi connectivity index (χ2n) is 3.97. The molecule has 0 saturated heterocycles. The molecule has 0 aliphatic rings. The zero-order valence-electron chi connectivity index (χ0n) is 10.9. The number of ether oxygens (including phenoxy) is 2. The van der Waals surface area contributed by atoms with Gasteiger partial charge in [0.2, 0.25) is 0 Å². The van der Waals surface area contributed by atoms with Crippen molar-refractivity contribution in [2.45, 2.75) is 13.5 Å². The van der Waals surface area contributed by atoms with Crippen molar-refractivity contribution >= 4 is 16.6 Å². The fourth-order valence-corrected chi connectivity index (χ4v) is 1.89. The first-order valence-electron chi connectivity index (χ1n) is 5.91. The van der Waals surface area contributed by atoms with Gasteiger partial charge in [0.25, 0.3) is 0 Å². The molecule has 2 aromatic rings. The number of nitrogens with two attached hydrogens (primary N) is 1. The third kappa shape index (κ3) is 2.74. The highest BCUT2D eigenvalue weighted by atomic mass is 19.1. The first-order valence-corrected chi connectivity index (χ1v) is 5.91. The summed E-state index contributed by atoms with van der Waals surface area (Å²) in [7, 11) is 1.57. The quantitative estimate of drug-likeness (QED) is 0.640. The van der Waals surface area contributed by atoms with E-state index in [0.29, 0.717) is 35.5 Å². The summed E-state index contributed by atoms with van der Waals surface area (Å²) in [5.41, 5.74) is 4.41. The van der Waals surface area contributed by atoms with Gasteiger partial charge in [0.15, 0.2) is 11.6 Å². The number of halogens is 1. The van der Waals surface area contributed by atoms with Crippen molar-refractivity contribution in [3.05, 3.63) is 29.7 Å². The Morgan fingerprint density at radius 3 is 2.79 bits per heavy atom. The highest BCUT2D eigenvalue weighted by molar-refractivity contribution is 5.92. The molecule has 1 heterocycles. The molecule has 0 amide bonds. The van der Waals surface area contributed by atoms with Gasteiger partial charge in [0, 0.05) is 18.6 Å². The number of rotatable bonds is 5. The van der Waals surface area contributed by atoms with Crippen LogP contribution in [-0.2, 0) is 11.3 Å². The number of hydrazine groups is 1. The molecule has 6 heteroatoms. The van der Waals surface area contributed by atoms with Crippen molar-refractivity contribution in [1.29, 1.82) is 0 Å². The second-order valence-corrected chi connectivity index (χ2v) is 3.97. The molecule has 0 fully saturated rings. The van der Waals surface area contributed by atoms with Crippen LogP contribution in [0, 0.1) is 5.82 Å². The van der Waals surface area contributed by atoms with Gasteiger partial charge in [-0.2, -0.15) is 0 Å². The number of pyridine rings is 1.